The van der Waals surface area contributed by atoms with Crippen LogP contribution in [0.25, 0.3) is 16.9 Å². The van der Waals surface area contributed by atoms with Gasteiger partial charge in [-0.2, -0.15) is 0 Å². The highest BCUT2D eigenvalue weighted by Crippen LogP contribution is 2.46. The average Bonchev–Trinajstić information content (AvgIpc) is 3.17. The molecule has 5 nitrogen and oxygen atoms in total. The third kappa shape index (κ3) is 2.98. The van der Waals surface area contributed by atoms with Crippen LogP contribution in [0.1, 0.15) is 23.0 Å². The third-order valence-corrected chi connectivity index (χ3v) is 4.38. The highest BCUT2D eigenvalue weighted by Gasteiger charge is 2.45. The van der Waals surface area contributed by atoms with Crippen molar-refractivity contribution in [1.29, 1.82) is 0 Å². The molecule has 3 aromatic rings. The molecule has 7 heteroatoms. The Balaban J connectivity index is 1.97. The molecular weight excluding hydrogens is 368 g/mol. The molecule has 1 aromatic heterocycles. The number of benzene rings is 2. The molecule has 144 valence electrons. The minimum atomic E-state index is -3.74. The molecule has 0 saturated carbocycles. The van der Waals surface area contributed by atoms with Crippen LogP contribution in [0.2, 0.25) is 0 Å². The van der Waals surface area contributed by atoms with E-state index in [9.17, 15) is 13.6 Å². The summed E-state index contributed by atoms with van der Waals surface area (Å²) < 4.78 is 43.5. The predicted octanol–water partition coefficient (Wildman–Crippen LogP) is 4.95. The van der Waals surface area contributed by atoms with Gasteiger partial charge in [-0.3, -0.25) is 0 Å². The molecule has 1 aliphatic heterocycles. The lowest BCUT2D eigenvalue weighted by Gasteiger charge is -2.15. The Labute approximate surface area is 160 Å². The number of hydrogen-bond donors (Lipinski definition) is 0. The number of aromatic nitrogens is 1. The van der Waals surface area contributed by atoms with Gasteiger partial charge in [0.05, 0.1) is 23.6 Å². The molecule has 0 amide bonds. The van der Waals surface area contributed by atoms with Crippen LogP contribution in [0.3, 0.4) is 0 Å². The summed E-state index contributed by atoms with van der Waals surface area (Å²) in [6.45, 7) is 3.73. The number of hydrogen-bond acceptors (Lipinski definition) is 4. The molecule has 0 aliphatic carbocycles. The van der Waals surface area contributed by atoms with E-state index in [0.29, 0.717) is 22.6 Å². The number of rotatable bonds is 4. The Morgan fingerprint density at radius 3 is 2.57 bits per heavy atom. The van der Waals surface area contributed by atoms with E-state index in [-0.39, 0.29) is 18.1 Å². The highest BCUT2D eigenvalue weighted by atomic mass is 19.3. The quantitative estimate of drug-likeness (QED) is 0.596. The van der Waals surface area contributed by atoms with Crippen LogP contribution < -0.4 is 9.47 Å². The molecule has 2 heterocycles. The monoisotopic (exact) mass is 385 g/mol. The molecule has 0 radical (unpaired) electrons. The molecule has 0 N–H and O–H groups in total. The number of carbonyl (C=O) groups is 1. The fourth-order valence-corrected chi connectivity index (χ4v) is 3.33. The zero-order valence-corrected chi connectivity index (χ0v) is 15.2. The van der Waals surface area contributed by atoms with Crippen molar-refractivity contribution in [2.75, 3.05) is 6.61 Å². The van der Waals surface area contributed by atoms with Gasteiger partial charge in [0, 0.05) is 5.69 Å². The number of carbonyl (C=O) groups excluding carboxylic acids is 1. The topological polar surface area (TPSA) is 49.7 Å². The van der Waals surface area contributed by atoms with Crippen molar-refractivity contribution < 1.29 is 27.8 Å². The van der Waals surface area contributed by atoms with E-state index < -0.39 is 12.3 Å². The second kappa shape index (κ2) is 6.67. The lowest BCUT2D eigenvalue weighted by atomic mass is 10.1. The van der Waals surface area contributed by atoms with E-state index in [2.05, 4.69) is 4.74 Å². The van der Waals surface area contributed by atoms with E-state index in [1.54, 1.807) is 36.6 Å². The molecule has 0 spiro atoms. The Hall–Kier alpha value is -3.35. The van der Waals surface area contributed by atoms with Crippen LogP contribution >= 0.6 is 0 Å². The van der Waals surface area contributed by atoms with Gasteiger partial charge in [-0.15, -0.1) is 8.78 Å². The SMILES string of the molecule is CCOC(=O)c1cc(C)n(-c2cccc3c2OC(F)(F)O3)c1-c1ccccc1. The number of aryl methyl sites for hydroxylation is 1. The lowest BCUT2D eigenvalue weighted by Crippen LogP contribution is -2.26. The van der Waals surface area contributed by atoms with Crippen LogP contribution in [0, 0.1) is 6.92 Å². The van der Waals surface area contributed by atoms with Gasteiger partial charge >= 0.3 is 12.3 Å². The normalized spacial score (nSPS) is 14.1. The van der Waals surface area contributed by atoms with Gasteiger partial charge in [0.15, 0.2) is 11.5 Å². The molecule has 28 heavy (non-hydrogen) atoms. The smallest absolute Gasteiger partial charge is 0.462 e. The van der Waals surface area contributed by atoms with Gasteiger partial charge in [0.1, 0.15) is 0 Å². The van der Waals surface area contributed by atoms with Gasteiger partial charge in [0.2, 0.25) is 0 Å². The van der Waals surface area contributed by atoms with Crippen LogP contribution in [-0.2, 0) is 4.74 Å². The zero-order valence-electron chi connectivity index (χ0n) is 15.2. The molecule has 0 saturated heterocycles. The van der Waals surface area contributed by atoms with E-state index in [0.717, 1.165) is 5.56 Å². The van der Waals surface area contributed by atoms with Crippen molar-refractivity contribution >= 4 is 5.97 Å². The number of para-hydroxylation sites is 1. The van der Waals surface area contributed by atoms with Crippen LogP contribution in [0.5, 0.6) is 11.5 Å². The zero-order chi connectivity index (χ0) is 19.9. The molecule has 4 rings (SSSR count). The molecule has 0 bridgehead atoms. The van der Waals surface area contributed by atoms with Crippen LogP contribution in [0.4, 0.5) is 8.78 Å². The van der Waals surface area contributed by atoms with Gasteiger partial charge in [0.25, 0.3) is 0 Å². The number of alkyl halides is 2. The summed E-state index contributed by atoms with van der Waals surface area (Å²) in [5, 5.41) is 0. The summed E-state index contributed by atoms with van der Waals surface area (Å²) in [4.78, 5) is 12.6. The molecule has 2 aromatic carbocycles. The largest absolute Gasteiger partial charge is 0.586 e. The van der Waals surface area contributed by atoms with Crippen molar-refractivity contribution in [3.8, 4) is 28.4 Å². The number of halogens is 2. The van der Waals surface area contributed by atoms with E-state index in [1.807, 2.05) is 30.3 Å². The molecule has 0 unspecified atom stereocenters. The van der Waals surface area contributed by atoms with Crippen LogP contribution in [0.15, 0.2) is 54.6 Å². The standard InChI is InChI=1S/C21H17F2NO4/c1-3-26-20(25)15-12-13(2)24(18(15)14-8-5-4-6-9-14)16-10-7-11-17-19(16)28-21(22,23)27-17/h4-12H,3H2,1-2H3. The number of esters is 1. The van der Waals surface area contributed by atoms with Crippen molar-refractivity contribution in [1.82, 2.24) is 4.57 Å². The van der Waals surface area contributed by atoms with Crippen molar-refractivity contribution in [2.24, 2.45) is 0 Å². The second-order valence-corrected chi connectivity index (χ2v) is 6.24. The first-order valence-electron chi connectivity index (χ1n) is 8.75. The predicted molar refractivity (Wildman–Crippen MR) is 98.1 cm³/mol. The Kier molecular flexibility index (Phi) is 4.30. The summed E-state index contributed by atoms with van der Waals surface area (Å²) in [7, 11) is 0. The second-order valence-electron chi connectivity index (χ2n) is 6.24. The minimum absolute atomic E-state index is 0.0627. The van der Waals surface area contributed by atoms with Crippen molar-refractivity contribution in [3.05, 3.63) is 65.9 Å². The minimum Gasteiger partial charge on any atom is -0.462 e. The first kappa shape index (κ1) is 18.0. The first-order valence-corrected chi connectivity index (χ1v) is 8.75. The molecule has 1 aliphatic rings. The third-order valence-electron chi connectivity index (χ3n) is 4.38. The molecular formula is C21H17F2NO4. The maximum Gasteiger partial charge on any atom is 0.586 e. The van der Waals surface area contributed by atoms with Gasteiger partial charge < -0.3 is 18.8 Å². The van der Waals surface area contributed by atoms with Crippen molar-refractivity contribution in [2.45, 2.75) is 20.1 Å². The number of ether oxygens (including phenoxy) is 3. The highest BCUT2D eigenvalue weighted by molar-refractivity contribution is 5.97. The maximum atomic E-state index is 13.7. The summed E-state index contributed by atoms with van der Waals surface area (Å²) in [5.74, 6) is -0.635. The number of fused-ring (bicyclic) bond motifs is 1. The van der Waals surface area contributed by atoms with Crippen LogP contribution in [-0.4, -0.2) is 23.4 Å². The summed E-state index contributed by atoms with van der Waals surface area (Å²) in [5.41, 5.74) is 2.62. The molecule has 0 fully saturated rings. The Morgan fingerprint density at radius 1 is 1.11 bits per heavy atom. The van der Waals surface area contributed by atoms with Gasteiger partial charge in [-0.25, -0.2) is 4.79 Å². The molecule has 0 atom stereocenters. The van der Waals surface area contributed by atoms with Gasteiger partial charge in [-0.1, -0.05) is 36.4 Å². The Morgan fingerprint density at radius 2 is 1.86 bits per heavy atom. The fraction of sp³-hybridized carbons (Fsp3) is 0.190. The summed E-state index contributed by atoms with van der Waals surface area (Å²) >= 11 is 0. The number of nitrogens with zero attached hydrogens (tertiary/aromatic N) is 1. The summed E-state index contributed by atoms with van der Waals surface area (Å²) in [6, 6.07) is 15.5. The van der Waals surface area contributed by atoms with Crippen molar-refractivity contribution in [3.63, 3.8) is 0 Å². The summed E-state index contributed by atoms with van der Waals surface area (Å²) in [6.07, 6.45) is -3.74. The Bertz CT molecular complexity index is 1040. The maximum absolute atomic E-state index is 13.7. The van der Waals surface area contributed by atoms with E-state index >= 15 is 0 Å². The van der Waals surface area contributed by atoms with Gasteiger partial charge in [-0.05, 0) is 37.6 Å². The van der Waals surface area contributed by atoms with E-state index in [1.165, 1.54) is 6.07 Å². The fourth-order valence-electron chi connectivity index (χ4n) is 3.33. The first-order chi connectivity index (χ1) is 13.4. The average molecular weight is 385 g/mol. The lowest BCUT2D eigenvalue weighted by molar-refractivity contribution is -0.286. The van der Waals surface area contributed by atoms with E-state index in [4.69, 9.17) is 9.47 Å².